The van der Waals surface area contributed by atoms with Crippen molar-refractivity contribution >= 4 is 17.4 Å². The molecule has 108 valence electrons. The Morgan fingerprint density at radius 1 is 1.45 bits per heavy atom. The summed E-state index contributed by atoms with van der Waals surface area (Å²) in [5, 5.41) is 22.1. The molecule has 0 spiro atoms. The topological polar surface area (TPSA) is 86.9 Å². The van der Waals surface area contributed by atoms with Gasteiger partial charge < -0.3 is 15.5 Å². The summed E-state index contributed by atoms with van der Waals surface area (Å²) in [6.07, 6.45) is 1.78. The van der Waals surface area contributed by atoms with E-state index in [1.54, 1.807) is 24.4 Å². The molecule has 0 radical (unpaired) electrons. The fraction of sp³-hybridized carbons (Fsp3) is 0.429. The van der Waals surface area contributed by atoms with Gasteiger partial charge in [-0.2, -0.15) is 0 Å². The second-order valence-electron chi connectivity index (χ2n) is 5.21. The molecule has 0 aliphatic heterocycles. The third-order valence-corrected chi connectivity index (χ3v) is 2.98. The Morgan fingerprint density at radius 2 is 2.20 bits per heavy atom. The maximum absolute atomic E-state index is 11.4. The molecule has 20 heavy (non-hydrogen) atoms. The maximum atomic E-state index is 11.4. The molecule has 0 aromatic carbocycles. The molecule has 0 saturated heterocycles. The lowest BCUT2D eigenvalue weighted by atomic mass is 10.1. The number of hydrogen-bond donors (Lipinski definition) is 3. The number of hydrogen-bond acceptors (Lipinski definition) is 4. The molecule has 6 heteroatoms. The lowest BCUT2D eigenvalue weighted by Crippen LogP contribution is -2.22. The highest BCUT2D eigenvalue weighted by molar-refractivity contribution is 5.92. The van der Waals surface area contributed by atoms with Crippen LogP contribution in [0.5, 0.6) is 0 Å². The van der Waals surface area contributed by atoms with Crippen molar-refractivity contribution in [3.63, 3.8) is 0 Å². The summed E-state index contributed by atoms with van der Waals surface area (Å²) < 4.78 is 1.51. The monoisotopic (exact) mass is 277 g/mol. The van der Waals surface area contributed by atoms with Crippen molar-refractivity contribution in [2.75, 3.05) is 11.9 Å². The fourth-order valence-corrected chi connectivity index (χ4v) is 2.17. The van der Waals surface area contributed by atoms with Crippen LogP contribution in [-0.4, -0.2) is 38.2 Å². The van der Waals surface area contributed by atoms with Crippen LogP contribution in [0.1, 0.15) is 30.8 Å². The Balaban J connectivity index is 2.21. The van der Waals surface area contributed by atoms with Crippen molar-refractivity contribution in [3.05, 3.63) is 30.1 Å². The summed E-state index contributed by atoms with van der Waals surface area (Å²) in [6, 6.07) is 5.28. The minimum absolute atomic E-state index is 0.0809. The molecule has 1 atom stereocenters. The molecule has 2 aromatic heterocycles. The average Bonchev–Trinajstić information content (AvgIpc) is 2.73. The summed E-state index contributed by atoms with van der Waals surface area (Å²) in [5.74, 6) is -0.386. The summed E-state index contributed by atoms with van der Waals surface area (Å²) in [5.41, 5.74) is 0.642. The first-order chi connectivity index (χ1) is 9.49. The Kier molecular flexibility index (Phi) is 4.24. The highest BCUT2D eigenvalue weighted by Crippen LogP contribution is 2.18. The number of imidazole rings is 1. The Hall–Kier alpha value is -2.08. The van der Waals surface area contributed by atoms with Gasteiger partial charge in [-0.05, 0) is 24.5 Å². The first-order valence-corrected chi connectivity index (χ1v) is 6.61. The third kappa shape index (κ3) is 3.08. The van der Waals surface area contributed by atoms with Gasteiger partial charge in [0.05, 0.1) is 6.10 Å². The number of carbonyl (C=O) groups is 1. The molecule has 1 unspecified atom stereocenters. The quantitative estimate of drug-likeness (QED) is 0.750. The maximum Gasteiger partial charge on any atom is 0.356 e. The van der Waals surface area contributed by atoms with Gasteiger partial charge in [0, 0.05) is 12.7 Å². The van der Waals surface area contributed by atoms with E-state index < -0.39 is 12.1 Å². The molecule has 0 aliphatic carbocycles. The number of aromatic nitrogens is 2. The van der Waals surface area contributed by atoms with Crippen molar-refractivity contribution in [1.82, 2.24) is 9.38 Å². The number of aliphatic hydroxyl groups excluding tert-OH is 1. The molecule has 0 bridgehead atoms. The lowest BCUT2D eigenvalue weighted by Gasteiger charge is -2.13. The second kappa shape index (κ2) is 5.92. The van der Waals surface area contributed by atoms with Crippen LogP contribution in [-0.2, 0) is 0 Å². The first-order valence-electron chi connectivity index (χ1n) is 6.61. The van der Waals surface area contributed by atoms with Gasteiger partial charge in [-0.25, -0.2) is 9.78 Å². The van der Waals surface area contributed by atoms with E-state index in [4.69, 9.17) is 0 Å². The van der Waals surface area contributed by atoms with Crippen LogP contribution >= 0.6 is 0 Å². The molecule has 0 amide bonds. The van der Waals surface area contributed by atoms with Gasteiger partial charge in [-0.15, -0.1) is 0 Å². The van der Waals surface area contributed by atoms with E-state index >= 15 is 0 Å². The van der Waals surface area contributed by atoms with Crippen LogP contribution in [0.15, 0.2) is 24.4 Å². The number of nitrogens with zero attached hydrogens (tertiary/aromatic N) is 2. The van der Waals surface area contributed by atoms with Crippen molar-refractivity contribution in [1.29, 1.82) is 0 Å². The molecule has 2 rings (SSSR count). The van der Waals surface area contributed by atoms with Crippen LogP contribution in [0.2, 0.25) is 0 Å². The predicted molar refractivity (Wildman–Crippen MR) is 76.1 cm³/mol. The van der Waals surface area contributed by atoms with Gasteiger partial charge in [0.15, 0.2) is 11.5 Å². The second-order valence-corrected chi connectivity index (χ2v) is 5.21. The van der Waals surface area contributed by atoms with E-state index in [-0.39, 0.29) is 18.1 Å². The summed E-state index contributed by atoms with van der Waals surface area (Å²) in [6.45, 7) is 4.33. The van der Waals surface area contributed by atoms with E-state index in [2.05, 4.69) is 10.3 Å². The summed E-state index contributed by atoms with van der Waals surface area (Å²) >= 11 is 0. The number of pyridine rings is 1. The van der Waals surface area contributed by atoms with E-state index in [9.17, 15) is 15.0 Å². The zero-order valence-corrected chi connectivity index (χ0v) is 11.6. The van der Waals surface area contributed by atoms with Crippen molar-refractivity contribution in [2.45, 2.75) is 26.4 Å². The molecule has 0 fully saturated rings. The Bertz CT molecular complexity index is 607. The molecular formula is C14H19N3O3. The zero-order chi connectivity index (χ0) is 14.7. The molecule has 6 nitrogen and oxygen atoms in total. The highest BCUT2D eigenvalue weighted by atomic mass is 16.4. The van der Waals surface area contributed by atoms with Crippen LogP contribution in [0.4, 0.5) is 5.82 Å². The van der Waals surface area contributed by atoms with Crippen molar-refractivity contribution < 1.29 is 15.0 Å². The van der Waals surface area contributed by atoms with E-state index in [1.165, 1.54) is 4.40 Å². The average molecular weight is 277 g/mol. The Morgan fingerprint density at radius 3 is 2.85 bits per heavy atom. The van der Waals surface area contributed by atoms with Crippen molar-refractivity contribution in [2.24, 2.45) is 5.92 Å². The molecule has 3 N–H and O–H groups in total. The van der Waals surface area contributed by atoms with Crippen LogP contribution in [0.25, 0.3) is 5.65 Å². The third-order valence-electron chi connectivity index (χ3n) is 2.98. The number of fused-ring (bicyclic) bond motifs is 1. The lowest BCUT2D eigenvalue weighted by molar-refractivity contribution is 0.0690. The minimum Gasteiger partial charge on any atom is -0.476 e. The number of nitrogens with one attached hydrogen (secondary N) is 1. The number of carboxylic acids is 1. The molecular weight excluding hydrogens is 258 g/mol. The van der Waals surface area contributed by atoms with Gasteiger partial charge in [-0.3, -0.25) is 4.40 Å². The molecule has 2 heterocycles. The van der Waals surface area contributed by atoms with Gasteiger partial charge in [0.25, 0.3) is 0 Å². The smallest absolute Gasteiger partial charge is 0.356 e. The zero-order valence-electron chi connectivity index (χ0n) is 11.6. The Labute approximate surface area is 117 Å². The number of aromatic carboxylic acids is 1. The summed E-state index contributed by atoms with van der Waals surface area (Å²) in [7, 11) is 0. The number of rotatable bonds is 6. The number of aliphatic hydroxyl groups is 1. The number of anilines is 1. The molecule has 0 aliphatic rings. The van der Waals surface area contributed by atoms with Crippen LogP contribution in [0, 0.1) is 5.92 Å². The SMILES string of the molecule is CC(C)CC(O)CNc1nc2ccccn2c1C(=O)O. The first kappa shape index (κ1) is 14.3. The van der Waals surface area contributed by atoms with Crippen molar-refractivity contribution in [3.8, 4) is 0 Å². The standard InChI is InChI=1S/C14H19N3O3/c1-9(2)7-10(18)8-15-13-12(14(19)20)17-6-4-3-5-11(17)16-13/h3-6,9-10,15,18H,7-8H2,1-2H3,(H,19,20). The fourth-order valence-electron chi connectivity index (χ4n) is 2.17. The van der Waals surface area contributed by atoms with Gasteiger partial charge in [0.1, 0.15) is 5.65 Å². The highest BCUT2D eigenvalue weighted by Gasteiger charge is 2.19. The van der Waals surface area contributed by atoms with E-state index in [0.29, 0.717) is 18.0 Å². The van der Waals surface area contributed by atoms with E-state index in [0.717, 1.165) is 0 Å². The van der Waals surface area contributed by atoms with Crippen LogP contribution < -0.4 is 5.32 Å². The predicted octanol–water partition coefficient (Wildman–Crippen LogP) is 1.85. The number of carboxylic acid groups (broad SMARTS) is 1. The van der Waals surface area contributed by atoms with Gasteiger partial charge in [0.2, 0.25) is 0 Å². The molecule has 0 saturated carbocycles. The summed E-state index contributed by atoms with van der Waals surface area (Å²) in [4.78, 5) is 15.6. The van der Waals surface area contributed by atoms with Gasteiger partial charge >= 0.3 is 5.97 Å². The van der Waals surface area contributed by atoms with Crippen LogP contribution in [0.3, 0.4) is 0 Å². The minimum atomic E-state index is -1.05. The largest absolute Gasteiger partial charge is 0.476 e. The van der Waals surface area contributed by atoms with Gasteiger partial charge in [-0.1, -0.05) is 19.9 Å². The van der Waals surface area contributed by atoms with E-state index in [1.807, 2.05) is 13.8 Å². The normalized spacial score (nSPS) is 12.8. The molecule has 2 aromatic rings.